The molecule has 1 aliphatic heterocycles. The maximum atomic E-state index is 12.9. The molecule has 1 aromatic heterocycles. The third-order valence-electron chi connectivity index (χ3n) is 5.99. The summed E-state index contributed by atoms with van der Waals surface area (Å²) >= 11 is 0. The number of rotatable bonds is 5. The molecule has 0 saturated carbocycles. The van der Waals surface area contributed by atoms with Gasteiger partial charge in [-0.05, 0) is 11.1 Å². The van der Waals surface area contributed by atoms with Gasteiger partial charge in [0, 0.05) is 6.42 Å². The maximum Gasteiger partial charge on any atom is 0.329 e. The van der Waals surface area contributed by atoms with Crippen molar-refractivity contribution >= 4 is 53.2 Å². The van der Waals surface area contributed by atoms with Gasteiger partial charge in [0.2, 0.25) is 0 Å². The number of nitrogens with zero attached hydrogens (tertiary/aromatic N) is 3. The van der Waals surface area contributed by atoms with E-state index >= 15 is 0 Å². The molecule has 3 rings (SSSR count). The molecule has 4 amide bonds. The molecule has 1 saturated heterocycles. The second-order valence-electron chi connectivity index (χ2n) is 9.71. The summed E-state index contributed by atoms with van der Waals surface area (Å²) in [6, 6.07) is 5.13. The smallest absolute Gasteiger partial charge is 0.329 e. The van der Waals surface area contributed by atoms with Crippen LogP contribution in [0.2, 0.25) is 0 Å². The van der Waals surface area contributed by atoms with Crippen LogP contribution in [0.3, 0.4) is 0 Å². The number of nitrogens with one attached hydrogen (secondary N) is 4. The Labute approximate surface area is 269 Å². The first-order valence-electron chi connectivity index (χ1n) is 13.9. The number of ether oxygens (including phenoxy) is 4. The summed E-state index contributed by atoms with van der Waals surface area (Å²) in [5.41, 5.74) is 1.03. The summed E-state index contributed by atoms with van der Waals surface area (Å²) in [6.07, 6.45) is 2.20. The lowest BCUT2D eigenvalue weighted by Crippen LogP contribution is -2.46. The van der Waals surface area contributed by atoms with Crippen molar-refractivity contribution in [3.63, 3.8) is 0 Å². The first-order valence-corrected chi connectivity index (χ1v) is 13.9. The van der Waals surface area contributed by atoms with Crippen molar-refractivity contribution in [2.24, 2.45) is 0 Å². The predicted octanol–water partition coefficient (Wildman–Crippen LogP) is -3.60. The summed E-state index contributed by atoms with van der Waals surface area (Å²) in [4.78, 5) is 107. The highest BCUT2D eigenvalue weighted by atomic mass is 16.6. The Hall–Kier alpha value is -6.41. The van der Waals surface area contributed by atoms with Crippen LogP contribution in [0.15, 0.2) is 36.7 Å². The van der Waals surface area contributed by atoms with Crippen LogP contribution in [0.25, 0.3) is 0 Å². The van der Waals surface area contributed by atoms with E-state index in [1.54, 1.807) is 24.3 Å². The number of amides is 4. The zero-order valence-electron chi connectivity index (χ0n) is 25.0. The summed E-state index contributed by atoms with van der Waals surface area (Å²) in [5.74, 6) is -7.82. The second kappa shape index (κ2) is 17.9. The highest BCUT2D eigenvalue weighted by Crippen LogP contribution is 2.12. The molecular weight excluding hydrogens is 646 g/mol. The van der Waals surface area contributed by atoms with E-state index < -0.39 is 105 Å². The molecule has 2 heterocycles. The van der Waals surface area contributed by atoms with Crippen molar-refractivity contribution in [1.82, 2.24) is 31.0 Å². The molecule has 1 unspecified atom stereocenters. The van der Waals surface area contributed by atoms with Gasteiger partial charge in [0.15, 0.2) is 26.4 Å². The van der Waals surface area contributed by atoms with Gasteiger partial charge in [-0.3, -0.25) is 48.4 Å². The maximum absolute atomic E-state index is 12.9. The van der Waals surface area contributed by atoms with Gasteiger partial charge in [-0.15, -0.1) is 0 Å². The minimum absolute atomic E-state index is 0.156. The van der Waals surface area contributed by atoms with Crippen LogP contribution in [-0.2, 0) is 70.3 Å². The minimum Gasteiger partial charge on any atom is -0.454 e. The molecule has 4 N–H and O–H groups in total. The molecule has 0 spiro atoms. The Kier molecular flexibility index (Phi) is 13.5. The van der Waals surface area contributed by atoms with Crippen molar-refractivity contribution < 1.29 is 62.2 Å². The number of nitro groups is 1. The average Bonchev–Trinajstić information content (AvgIpc) is 3.54. The Morgan fingerprint density at radius 1 is 0.708 bits per heavy atom. The molecule has 2 aromatic rings. The lowest BCUT2D eigenvalue weighted by atomic mass is 10.0. The minimum atomic E-state index is -1.40. The third kappa shape index (κ3) is 12.9. The number of cyclic esters (lactones) is 4. The SMILES string of the molecule is O=C1COC(=O)CNC(=O)COC(=O)C(Cc2ccc(Cn3cc([N+](=O)[O-])cn3)cc2)NC(=O)COC(=O)CNC(=O)COC(=O)CN1. The van der Waals surface area contributed by atoms with Gasteiger partial charge in [-0.25, -0.2) is 4.79 Å². The first kappa shape index (κ1) is 36.1. The standard InChI is InChI=1S/C27H29N7O14/c35-20-12-46-25(40)8-30-22(37)14-48-27(42)19(5-16-1-3-17(4-2-16)10-33-11-18(6-31-33)34(43)44)32-23(38)15-47-26(41)9-29-21(36)13-45-24(39)7-28-20/h1-4,6,11,19H,5,7-10,12-15H2,(H,28,35)(H,29,36)(H,30,37)(H,32,38). The van der Waals surface area contributed by atoms with Gasteiger partial charge in [0.1, 0.15) is 38.1 Å². The summed E-state index contributed by atoms with van der Waals surface area (Å²) in [6.45, 7) is -5.25. The highest BCUT2D eigenvalue weighted by Gasteiger charge is 2.25. The first-order chi connectivity index (χ1) is 22.9. The van der Waals surface area contributed by atoms with Crippen LogP contribution < -0.4 is 21.3 Å². The fourth-order valence-electron chi connectivity index (χ4n) is 3.66. The number of hydrogen-bond donors (Lipinski definition) is 4. The summed E-state index contributed by atoms with van der Waals surface area (Å²) < 4.78 is 20.4. The van der Waals surface area contributed by atoms with Gasteiger partial charge in [-0.1, -0.05) is 24.3 Å². The topological polar surface area (TPSA) is 283 Å². The predicted molar refractivity (Wildman–Crippen MR) is 153 cm³/mol. The fourth-order valence-corrected chi connectivity index (χ4v) is 3.66. The lowest BCUT2D eigenvalue weighted by molar-refractivity contribution is -0.385. The van der Waals surface area contributed by atoms with Crippen LogP contribution in [0, 0.1) is 10.1 Å². The van der Waals surface area contributed by atoms with Crippen molar-refractivity contribution in [1.29, 1.82) is 0 Å². The Morgan fingerprint density at radius 3 is 1.65 bits per heavy atom. The van der Waals surface area contributed by atoms with Gasteiger partial charge in [-0.2, -0.15) is 5.10 Å². The van der Waals surface area contributed by atoms with Crippen molar-refractivity contribution in [2.75, 3.05) is 46.1 Å². The van der Waals surface area contributed by atoms with Crippen LogP contribution in [0.5, 0.6) is 0 Å². The fraction of sp³-hybridized carbons (Fsp3) is 0.370. The third-order valence-corrected chi connectivity index (χ3v) is 5.99. The molecule has 256 valence electrons. The normalized spacial score (nSPS) is 18.4. The summed E-state index contributed by atoms with van der Waals surface area (Å²) in [7, 11) is 0. The molecule has 48 heavy (non-hydrogen) atoms. The van der Waals surface area contributed by atoms with Gasteiger partial charge < -0.3 is 40.2 Å². The van der Waals surface area contributed by atoms with E-state index in [1.165, 1.54) is 10.9 Å². The van der Waals surface area contributed by atoms with E-state index in [9.17, 15) is 48.5 Å². The van der Waals surface area contributed by atoms with Gasteiger partial charge >= 0.3 is 29.6 Å². The van der Waals surface area contributed by atoms with Gasteiger partial charge in [0.05, 0.1) is 11.5 Å². The van der Waals surface area contributed by atoms with E-state index in [-0.39, 0.29) is 18.7 Å². The number of esters is 4. The van der Waals surface area contributed by atoms with Crippen molar-refractivity contribution in [3.05, 3.63) is 57.9 Å². The molecule has 0 aliphatic carbocycles. The quantitative estimate of drug-likeness (QED) is 0.103. The monoisotopic (exact) mass is 675 g/mol. The van der Waals surface area contributed by atoms with E-state index in [1.807, 2.05) is 0 Å². The van der Waals surface area contributed by atoms with E-state index in [0.717, 1.165) is 6.20 Å². The van der Waals surface area contributed by atoms with Crippen LogP contribution in [0.1, 0.15) is 11.1 Å². The number of carbonyl (C=O) groups is 8. The van der Waals surface area contributed by atoms with Crippen molar-refractivity contribution in [2.45, 2.75) is 19.0 Å². The molecule has 1 fully saturated rings. The van der Waals surface area contributed by atoms with Crippen molar-refractivity contribution in [3.8, 4) is 0 Å². The molecule has 1 aliphatic rings. The molecule has 1 aromatic carbocycles. The number of benzene rings is 1. The van der Waals surface area contributed by atoms with E-state index in [0.29, 0.717) is 11.1 Å². The molecule has 0 bridgehead atoms. The van der Waals surface area contributed by atoms with Gasteiger partial charge in [0.25, 0.3) is 23.6 Å². The zero-order chi connectivity index (χ0) is 35.1. The van der Waals surface area contributed by atoms with Crippen LogP contribution in [0.4, 0.5) is 5.69 Å². The van der Waals surface area contributed by atoms with E-state index in [4.69, 9.17) is 9.47 Å². The molecule has 0 radical (unpaired) electrons. The highest BCUT2D eigenvalue weighted by molar-refractivity contribution is 5.90. The van der Waals surface area contributed by atoms with E-state index in [2.05, 4.69) is 35.8 Å². The summed E-state index contributed by atoms with van der Waals surface area (Å²) in [5, 5.41) is 23.4. The Bertz CT molecular complexity index is 1560. The molecule has 21 nitrogen and oxygen atoms in total. The Balaban J connectivity index is 1.66. The number of carbonyl (C=O) groups excluding carboxylic acids is 8. The Morgan fingerprint density at radius 2 is 1.17 bits per heavy atom. The largest absolute Gasteiger partial charge is 0.454 e. The second-order valence-corrected chi connectivity index (χ2v) is 9.71. The van der Waals surface area contributed by atoms with Crippen LogP contribution >= 0.6 is 0 Å². The molecular formula is C27H29N7O14. The average molecular weight is 676 g/mol. The molecule has 21 heteroatoms. The number of aromatic nitrogens is 2. The zero-order valence-corrected chi connectivity index (χ0v) is 25.0. The lowest BCUT2D eigenvalue weighted by Gasteiger charge is -2.18. The van der Waals surface area contributed by atoms with Crippen LogP contribution in [-0.4, -0.2) is 114 Å². The number of hydrogen-bond acceptors (Lipinski definition) is 15. The molecule has 1 atom stereocenters.